The summed E-state index contributed by atoms with van der Waals surface area (Å²) in [5, 5.41) is 0. The molecule has 0 aliphatic heterocycles. The van der Waals surface area contributed by atoms with Gasteiger partial charge in [-0.25, -0.2) is 4.79 Å². The highest BCUT2D eigenvalue weighted by molar-refractivity contribution is 5.87. The lowest BCUT2D eigenvalue weighted by atomic mass is 10.2. The van der Waals surface area contributed by atoms with Crippen molar-refractivity contribution in [3.8, 4) is 0 Å². The van der Waals surface area contributed by atoms with Crippen molar-refractivity contribution in [3.63, 3.8) is 0 Å². The minimum atomic E-state index is -0.501. The highest BCUT2D eigenvalue weighted by Gasteiger charge is 2.07. The molecule has 0 amide bonds. The maximum Gasteiger partial charge on any atom is 0.368 e. The minimum Gasteiger partial charge on any atom is -0.293 e. The van der Waals surface area contributed by atoms with Crippen LogP contribution < -0.4 is 0 Å². The van der Waals surface area contributed by atoms with Crippen molar-refractivity contribution in [2.45, 2.75) is 19.8 Å². The Morgan fingerprint density at radius 1 is 1.58 bits per heavy atom. The van der Waals surface area contributed by atoms with Crippen LogP contribution >= 0.6 is 0 Å². The van der Waals surface area contributed by atoms with Crippen LogP contribution in [0.2, 0.25) is 0 Å². The first-order valence-electron chi connectivity index (χ1n) is 3.84. The summed E-state index contributed by atoms with van der Waals surface area (Å²) in [5.41, 5.74) is 0.432. The SMILES string of the molecule is C=CCOOC(=O)C(=C)CCC. The van der Waals surface area contributed by atoms with E-state index in [9.17, 15) is 4.79 Å². The van der Waals surface area contributed by atoms with Crippen molar-refractivity contribution in [2.75, 3.05) is 6.61 Å². The van der Waals surface area contributed by atoms with Gasteiger partial charge in [-0.05, 0) is 6.42 Å². The highest BCUT2D eigenvalue weighted by atomic mass is 17.2. The molecule has 0 heterocycles. The molecule has 0 atom stereocenters. The lowest BCUT2D eigenvalue weighted by molar-refractivity contribution is -0.261. The summed E-state index contributed by atoms with van der Waals surface area (Å²) in [4.78, 5) is 19.8. The third kappa shape index (κ3) is 4.68. The normalized spacial score (nSPS) is 9.08. The zero-order valence-electron chi connectivity index (χ0n) is 7.34. The average molecular weight is 170 g/mol. The summed E-state index contributed by atoms with van der Waals surface area (Å²) < 4.78 is 0. The fraction of sp³-hybridized carbons (Fsp3) is 0.444. The van der Waals surface area contributed by atoms with E-state index in [1.807, 2.05) is 6.92 Å². The number of hydrogen-bond acceptors (Lipinski definition) is 3. The third-order valence-electron chi connectivity index (χ3n) is 1.16. The summed E-state index contributed by atoms with van der Waals surface area (Å²) in [6.45, 7) is 9.10. The summed E-state index contributed by atoms with van der Waals surface area (Å²) in [7, 11) is 0. The molecule has 3 heteroatoms. The van der Waals surface area contributed by atoms with Crippen molar-refractivity contribution < 1.29 is 14.6 Å². The molecule has 0 aromatic heterocycles. The van der Waals surface area contributed by atoms with Crippen LogP contribution in [-0.2, 0) is 14.6 Å². The van der Waals surface area contributed by atoms with Crippen LogP contribution in [0.5, 0.6) is 0 Å². The largest absolute Gasteiger partial charge is 0.368 e. The Balaban J connectivity index is 3.57. The molecule has 0 radical (unpaired) electrons. The molecule has 3 nitrogen and oxygen atoms in total. The Bertz CT molecular complexity index is 173. The van der Waals surface area contributed by atoms with Crippen molar-refractivity contribution >= 4 is 5.97 Å². The van der Waals surface area contributed by atoms with Crippen molar-refractivity contribution in [1.82, 2.24) is 0 Å². The molecule has 0 aromatic rings. The standard InChI is InChI=1S/C9H14O3/c1-4-6-8(3)9(10)12-11-7-5-2/h5H,2-4,6-7H2,1H3. The smallest absolute Gasteiger partial charge is 0.293 e. The van der Waals surface area contributed by atoms with Crippen LogP contribution in [0.25, 0.3) is 0 Å². The molecule has 0 rings (SSSR count). The van der Waals surface area contributed by atoms with Gasteiger partial charge in [0.2, 0.25) is 0 Å². The topological polar surface area (TPSA) is 35.5 Å². The van der Waals surface area contributed by atoms with Gasteiger partial charge in [0, 0.05) is 5.57 Å². The van der Waals surface area contributed by atoms with E-state index in [2.05, 4.69) is 22.9 Å². The van der Waals surface area contributed by atoms with E-state index in [-0.39, 0.29) is 6.61 Å². The van der Waals surface area contributed by atoms with E-state index < -0.39 is 5.97 Å². The van der Waals surface area contributed by atoms with Gasteiger partial charge in [-0.15, -0.1) is 6.58 Å². The second kappa shape index (κ2) is 6.61. The van der Waals surface area contributed by atoms with Gasteiger partial charge in [0.25, 0.3) is 0 Å². The van der Waals surface area contributed by atoms with Crippen LogP contribution in [-0.4, -0.2) is 12.6 Å². The lowest BCUT2D eigenvalue weighted by Crippen LogP contribution is -2.07. The zero-order valence-corrected chi connectivity index (χ0v) is 7.34. The summed E-state index contributed by atoms with van der Waals surface area (Å²) in [6.07, 6.45) is 3.00. The van der Waals surface area contributed by atoms with E-state index in [1.165, 1.54) is 6.08 Å². The Morgan fingerprint density at radius 2 is 2.25 bits per heavy atom. The molecule has 0 bridgehead atoms. The summed E-state index contributed by atoms with van der Waals surface area (Å²) >= 11 is 0. The molecule has 0 unspecified atom stereocenters. The van der Waals surface area contributed by atoms with Crippen LogP contribution in [0.1, 0.15) is 19.8 Å². The fourth-order valence-corrected chi connectivity index (χ4v) is 0.598. The van der Waals surface area contributed by atoms with E-state index in [0.29, 0.717) is 12.0 Å². The van der Waals surface area contributed by atoms with E-state index in [1.54, 1.807) is 0 Å². The molecule has 68 valence electrons. The Kier molecular flexibility index (Phi) is 6.01. The quantitative estimate of drug-likeness (QED) is 0.201. The van der Waals surface area contributed by atoms with Gasteiger partial charge in [0.1, 0.15) is 6.61 Å². The van der Waals surface area contributed by atoms with E-state index >= 15 is 0 Å². The molecular formula is C9H14O3. The molecule has 0 aliphatic carbocycles. The lowest BCUT2D eigenvalue weighted by Gasteiger charge is -2.02. The van der Waals surface area contributed by atoms with Crippen LogP contribution in [0.3, 0.4) is 0 Å². The van der Waals surface area contributed by atoms with E-state index in [0.717, 1.165) is 6.42 Å². The molecule has 0 aromatic carbocycles. The van der Waals surface area contributed by atoms with Gasteiger partial charge in [-0.2, -0.15) is 4.89 Å². The average Bonchev–Trinajstić information content (AvgIpc) is 2.05. The van der Waals surface area contributed by atoms with Crippen molar-refractivity contribution in [2.24, 2.45) is 0 Å². The molecule has 0 N–H and O–H groups in total. The van der Waals surface area contributed by atoms with Crippen molar-refractivity contribution in [3.05, 3.63) is 24.8 Å². The van der Waals surface area contributed by atoms with Gasteiger partial charge < -0.3 is 0 Å². The number of carbonyl (C=O) groups excluding carboxylic acids is 1. The van der Waals surface area contributed by atoms with Crippen molar-refractivity contribution in [1.29, 1.82) is 0 Å². The van der Waals surface area contributed by atoms with Crippen LogP contribution in [0.15, 0.2) is 24.8 Å². The second-order valence-corrected chi connectivity index (χ2v) is 2.30. The van der Waals surface area contributed by atoms with Crippen LogP contribution in [0, 0.1) is 0 Å². The van der Waals surface area contributed by atoms with Crippen LogP contribution in [0.4, 0.5) is 0 Å². The van der Waals surface area contributed by atoms with Gasteiger partial charge in [0.05, 0.1) is 0 Å². The Hall–Kier alpha value is -1.09. The zero-order chi connectivity index (χ0) is 9.40. The molecule has 12 heavy (non-hydrogen) atoms. The third-order valence-corrected chi connectivity index (χ3v) is 1.16. The van der Waals surface area contributed by atoms with Gasteiger partial charge in [0.15, 0.2) is 0 Å². The van der Waals surface area contributed by atoms with E-state index in [4.69, 9.17) is 0 Å². The molecule has 0 fully saturated rings. The summed E-state index contributed by atoms with van der Waals surface area (Å²) in [5.74, 6) is -0.501. The fourth-order valence-electron chi connectivity index (χ4n) is 0.598. The Labute approximate surface area is 72.6 Å². The maximum atomic E-state index is 10.9. The van der Waals surface area contributed by atoms with Gasteiger partial charge >= 0.3 is 5.97 Å². The first kappa shape index (κ1) is 10.9. The molecule has 0 saturated carbocycles. The predicted octanol–water partition coefficient (Wildman–Crippen LogP) is 2.00. The molecule has 0 aliphatic rings. The first-order valence-corrected chi connectivity index (χ1v) is 3.84. The first-order chi connectivity index (χ1) is 5.72. The highest BCUT2D eigenvalue weighted by Crippen LogP contribution is 2.03. The second-order valence-electron chi connectivity index (χ2n) is 2.30. The minimum absolute atomic E-state index is 0.200. The van der Waals surface area contributed by atoms with Gasteiger partial charge in [-0.3, -0.25) is 4.89 Å². The number of hydrogen-bond donors (Lipinski definition) is 0. The maximum absolute atomic E-state index is 10.9. The predicted molar refractivity (Wildman–Crippen MR) is 46.3 cm³/mol. The number of rotatable bonds is 6. The molecular weight excluding hydrogens is 156 g/mol. The molecule has 0 spiro atoms. The monoisotopic (exact) mass is 170 g/mol. The van der Waals surface area contributed by atoms with Gasteiger partial charge in [-0.1, -0.05) is 26.0 Å². The Morgan fingerprint density at radius 3 is 2.75 bits per heavy atom. The molecule has 0 saturated heterocycles. The number of carbonyl (C=O) groups is 1. The summed E-state index contributed by atoms with van der Waals surface area (Å²) in [6, 6.07) is 0.